The third kappa shape index (κ3) is 4.59. The summed E-state index contributed by atoms with van der Waals surface area (Å²) in [7, 11) is -2.88. The van der Waals surface area contributed by atoms with Gasteiger partial charge in [-0.2, -0.15) is 0 Å². The fraction of sp³-hybridized carbons (Fsp3) is 1.00. The molecule has 0 amide bonds. The van der Waals surface area contributed by atoms with Crippen molar-refractivity contribution in [3.8, 4) is 0 Å². The van der Waals surface area contributed by atoms with Crippen LogP contribution in [0.1, 0.15) is 52.9 Å². The zero-order chi connectivity index (χ0) is 13.1. The quantitative estimate of drug-likeness (QED) is 0.827. The third-order valence-corrected chi connectivity index (χ3v) is 6.07. The van der Waals surface area contributed by atoms with E-state index in [0.29, 0.717) is 24.7 Å². The summed E-state index contributed by atoms with van der Waals surface area (Å²) in [5.41, 5.74) is -0.616. The molecule has 0 spiro atoms. The molecule has 3 atom stereocenters. The van der Waals surface area contributed by atoms with E-state index in [1.165, 1.54) is 0 Å². The highest BCUT2D eigenvalue weighted by molar-refractivity contribution is 7.91. The summed E-state index contributed by atoms with van der Waals surface area (Å²) in [6.45, 7) is 6.08. The first kappa shape index (κ1) is 15.0. The minimum Gasteiger partial charge on any atom is -0.390 e. The number of aliphatic hydroxyl groups is 1. The van der Waals surface area contributed by atoms with Crippen molar-refractivity contribution in [1.82, 2.24) is 0 Å². The molecule has 1 aliphatic rings. The highest BCUT2D eigenvalue weighted by atomic mass is 32.2. The normalized spacial score (nSPS) is 34.8. The van der Waals surface area contributed by atoms with Gasteiger partial charge in [-0.15, -0.1) is 0 Å². The monoisotopic (exact) mass is 262 g/mol. The molecule has 102 valence electrons. The van der Waals surface area contributed by atoms with Crippen LogP contribution in [-0.4, -0.2) is 30.6 Å². The van der Waals surface area contributed by atoms with E-state index in [4.69, 9.17) is 0 Å². The van der Waals surface area contributed by atoms with E-state index in [1.54, 1.807) is 6.92 Å². The van der Waals surface area contributed by atoms with E-state index in [0.717, 1.165) is 19.3 Å². The second-order valence-corrected chi connectivity index (χ2v) is 8.23. The Hall–Kier alpha value is -0.0900. The Kier molecular flexibility index (Phi) is 5.02. The van der Waals surface area contributed by atoms with E-state index >= 15 is 0 Å². The number of rotatable bonds is 5. The van der Waals surface area contributed by atoms with Crippen molar-refractivity contribution < 1.29 is 13.5 Å². The van der Waals surface area contributed by atoms with Gasteiger partial charge in [-0.05, 0) is 43.9 Å². The first-order chi connectivity index (χ1) is 7.78. The van der Waals surface area contributed by atoms with Crippen molar-refractivity contribution >= 4 is 9.84 Å². The maximum absolute atomic E-state index is 11.4. The van der Waals surface area contributed by atoms with Gasteiger partial charge in [-0.1, -0.05) is 20.8 Å². The maximum Gasteiger partial charge on any atom is 0.150 e. The van der Waals surface area contributed by atoms with Gasteiger partial charge in [0.15, 0.2) is 0 Å². The second-order valence-electron chi connectivity index (χ2n) is 5.76. The van der Waals surface area contributed by atoms with E-state index in [-0.39, 0.29) is 11.5 Å². The SMILES string of the molecule is CCS(=O)(=O)CCCC1(O)CCC(C)C(C)C1. The molecule has 0 bridgehead atoms. The Morgan fingerprint density at radius 1 is 1.29 bits per heavy atom. The highest BCUT2D eigenvalue weighted by Crippen LogP contribution is 2.38. The van der Waals surface area contributed by atoms with Crippen LogP contribution in [0.5, 0.6) is 0 Å². The molecule has 3 nitrogen and oxygen atoms in total. The summed E-state index contributed by atoms with van der Waals surface area (Å²) in [6.07, 6.45) is 3.92. The van der Waals surface area contributed by atoms with Crippen LogP contribution in [0.15, 0.2) is 0 Å². The molecule has 4 heteroatoms. The van der Waals surface area contributed by atoms with Gasteiger partial charge < -0.3 is 5.11 Å². The van der Waals surface area contributed by atoms with Crippen molar-refractivity contribution in [1.29, 1.82) is 0 Å². The number of hydrogen-bond acceptors (Lipinski definition) is 3. The van der Waals surface area contributed by atoms with Gasteiger partial charge >= 0.3 is 0 Å². The van der Waals surface area contributed by atoms with Crippen LogP contribution in [0.4, 0.5) is 0 Å². The van der Waals surface area contributed by atoms with Crippen LogP contribution in [0, 0.1) is 11.8 Å². The molecule has 0 aromatic rings. The predicted octanol–water partition coefficient (Wildman–Crippen LogP) is 2.39. The number of hydrogen-bond donors (Lipinski definition) is 1. The average molecular weight is 262 g/mol. The van der Waals surface area contributed by atoms with Crippen molar-refractivity contribution in [2.24, 2.45) is 11.8 Å². The van der Waals surface area contributed by atoms with Gasteiger partial charge in [0.1, 0.15) is 9.84 Å². The van der Waals surface area contributed by atoms with E-state index in [9.17, 15) is 13.5 Å². The Morgan fingerprint density at radius 2 is 1.94 bits per heavy atom. The standard InChI is InChI=1S/C13H26O3S/c1-4-17(15,16)9-5-7-13(14)8-6-11(2)12(3)10-13/h11-12,14H,4-10H2,1-3H3. The highest BCUT2D eigenvalue weighted by Gasteiger charge is 2.35. The van der Waals surface area contributed by atoms with Crippen LogP contribution in [-0.2, 0) is 9.84 Å². The maximum atomic E-state index is 11.4. The minimum atomic E-state index is -2.88. The molecule has 1 aliphatic carbocycles. The first-order valence-electron chi connectivity index (χ1n) is 6.71. The topological polar surface area (TPSA) is 54.4 Å². The van der Waals surface area contributed by atoms with Gasteiger partial charge in [0.05, 0.1) is 11.4 Å². The lowest BCUT2D eigenvalue weighted by molar-refractivity contribution is -0.0352. The summed E-state index contributed by atoms with van der Waals surface area (Å²) in [5, 5.41) is 10.4. The fourth-order valence-electron chi connectivity index (χ4n) is 2.68. The smallest absolute Gasteiger partial charge is 0.150 e. The number of sulfone groups is 1. The van der Waals surface area contributed by atoms with Gasteiger partial charge in [0, 0.05) is 5.75 Å². The molecule has 17 heavy (non-hydrogen) atoms. The Morgan fingerprint density at radius 3 is 2.47 bits per heavy atom. The third-order valence-electron chi connectivity index (χ3n) is 4.28. The molecule has 0 aliphatic heterocycles. The van der Waals surface area contributed by atoms with Crippen LogP contribution >= 0.6 is 0 Å². The molecule has 1 N–H and O–H groups in total. The Balaban J connectivity index is 2.41. The molecule has 0 radical (unpaired) electrons. The molecule has 1 saturated carbocycles. The van der Waals surface area contributed by atoms with E-state index < -0.39 is 15.4 Å². The molecule has 1 rings (SSSR count). The van der Waals surface area contributed by atoms with E-state index in [1.807, 2.05) is 0 Å². The van der Waals surface area contributed by atoms with Crippen LogP contribution in [0.2, 0.25) is 0 Å². The molecular formula is C13H26O3S. The molecule has 0 aromatic heterocycles. The second kappa shape index (κ2) is 5.70. The molecular weight excluding hydrogens is 236 g/mol. The molecule has 3 unspecified atom stereocenters. The summed E-state index contributed by atoms with van der Waals surface area (Å²) in [5.74, 6) is 1.64. The van der Waals surface area contributed by atoms with Gasteiger partial charge in [-0.25, -0.2) is 8.42 Å². The van der Waals surface area contributed by atoms with Crippen molar-refractivity contribution in [3.63, 3.8) is 0 Å². The van der Waals surface area contributed by atoms with Crippen molar-refractivity contribution in [2.45, 2.75) is 58.5 Å². The van der Waals surface area contributed by atoms with Gasteiger partial charge in [0.2, 0.25) is 0 Å². The van der Waals surface area contributed by atoms with Crippen molar-refractivity contribution in [3.05, 3.63) is 0 Å². The van der Waals surface area contributed by atoms with Crippen molar-refractivity contribution in [2.75, 3.05) is 11.5 Å². The zero-order valence-corrected chi connectivity index (χ0v) is 12.1. The van der Waals surface area contributed by atoms with Gasteiger partial charge in [-0.3, -0.25) is 0 Å². The molecule has 1 fully saturated rings. The lowest BCUT2D eigenvalue weighted by Gasteiger charge is -2.39. The van der Waals surface area contributed by atoms with Crippen LogP contribution in [0.3, 0.4) is 0 Å². The average Bonchev–Trinajstić information content (AvgIpc) is 2.24. The molecule has 0 heterocycles. The molecule has 0 saturated heterocycles. The van der Waals surface area contributed by atoms with E-state index in [2.05, 4.69) is 13.8 Å². The summed E-state index contributed by atoms with van der Waals surface area (Å²) in [6, 6.07) is 0. The zero-order valence-electron chi connectivity index (χ0n) is 11.3. The summed E-state index contributed by atoms with van der Waals surface area (Å²) < 4.78 is 22.8. The fourth-order valence-corrected chi connectivity index (χ4v) is 3.55. The Bertz CT molecular complexity index is 337. The largest absolute Gasteiger partial charge is 0.390 e. The first-order valence-corrected chi connectivity index (χ1v) is 8.53. The predicted molar refractivity (Wildman–Crippen MR) is 70.7 cm³/mol. The molecule has 0 aromatic carbocycles. The van der Waals surface area contributed by atoms with Crippen LogP contribution < -0.4 is 0 Å². The van der Waals surface area contributed by atoms with Crippen LogP contribution in [0.25, 0.3) is 0 Å². The lowest BCUT2D eigenvalue weighted by Crippen LogP contribution is -2.38. The summed E-state index contributed by atoms with van der Waals surface area (Å²) >= 11 is 0. The lowest BCUT2D eigenvalue weighted by atomic mass is 9.71. The Labute approximate surface area is 106 Å². The minimum absolute atomic E-state index is 0.207. The van der Waals surface area contributed by atoms with Gasteiger partial charge in [0.25, 0.3) is 0 Å². The summed E-state index contributed by atoms with van der Waals surface area (Å²) in [4.78, 5) is 0.